The number of carbonyl (C=O) groups is 2. The Hall–Kier alpha value is -2.53. The molecule has 2 aromatic carbocycles. The number of para-hydroxylation sites is 1. The molecule has 22 heavy (non-hydrogen) atoms. The molecular weight excluding hydrogens is 296 g/mol. The van der Waals surface area contributed by atoms with Crippen molar-refractivity contribution in [3.05, 3.63) is 72.4 Å². The Bertz CT molecular complexity index is 818. The van der Waals surface area contributed by atoms with Gasteiger partial charge in [0.1, 0.15) is 0 Å². The van der Waals surface area contributed by atoms with E-state index in [2.05, 4.69) is 12.0 Å². The smallest absolute Gasteiger partial charge is 0.276 e. The third kappa shape index (κ3) is 1.54. The fraction of sp³-hybridized carbons (Fsp3) is 0.0588. The van der Waals surface area contributed by atoms with Crippen molar-refractivity contribution in [2.45, 2.75) is 9.64 Å². The number of fused-ring (bicyclic) bond motifs is 1. The first kappa shape index (κ1) is 13.2. The summed E-state index contributed by atoms with van der Waals surface area (Å²) < 4.78 is -1.29. The van der Waals surface area contributed by atoms with Crippen molar-refractivity contribution in [2.24, 2.45) is 0 Å². The van der Waals surface area contributed by atoms with E-state index in [-0.39, 0.29) is 11.7 Å². The predicted molar refractivity (Wildman–Crippen MR) is 85.6 cm³/mol. The Morgan fingerprint density at radius 2 is 1.68 bits per heavy atom. The summed E-state index contributed by atoms with van der Waals surface area (Å²) in [6.07, 6.45) is 0. The molecule has 0 radical (unpaired) electrons. The summed E-state index contributed by atoms with van der Waals surface area (Å²) >= 11 is 1.27. The van der Waals surface area contributed by atoms with Gasteiger partial charge in [0.15, 0.2) is 5.78 Å². The highest BCUT2D eigenvalue weighted by Crippen LogP contribution is 2.51. The van der Waals surface area contributed by atoms with Crippen LogP contribution in [0.1, 0.15) is 10.4 Å². The van der Waals surface area contributed by atoms with Crippen LogP contribution < -0.4 is 10.4 Å². The van der Waals surface area contributed by atoms with E-state index in [1.54, 1.807) is 12.1 Å². The predicted octanol–water partition coefficient (Wildman–Crippen LogP) is 2.78. The van der Waals surface area contributed by atoms with Crippen molar-refractivity contribution in [3.8, 4) is 0 Å². The van der Waals surface area contributed by atoms with Gasteiger partial charge in [0, 0.05) is 10.5 Å². The van der Waals surface area contributed by atoms with Crippen molar-refractivity contribution in [3.63, 3.8) is 0 Å². The van der Waals surface area contributed by atoms with Gasteiger partial charge < -0.3 is 0 Å². The van der Waals surface area contributed by atoms with Crippen molar-refractivity contribution in [1.82, 2.24) is 5.43 Å². The topological polar surface area (TPSA) is 49.4 Å². The van der Waals surface area contributed by atoms with Crippen LogP contribution in [-0.4, -0.2) is 16.4 Å². The summed E-state index contributed by atoms with van der Waals surface area (Å²) in [7, 11) is 0. The Labute approximate surface area is 131 Å². The number of Topliss-reactive ketones (excluding diaryl/α,β-unsaturated/α-hetero) is 1. The van der Waals surface area contributed by atoms with Crippen LogP contribution in [0.15, 0.2) is 71.8 Å². The van der Waals surface area contributed by atoms with Gasteiger partial charge in [-0.3, -0.25) is 15.0 Å². The molecular formula is C17H12N2O2S. The van der Waals surface area contributed by atoms with Gasteiger partial charge in [0.2, 0.25) is 4.75 Å². The first-order chi connectivity index (χ1) is 10.6. The molecule has 1 saturated heterocycles. The van der Waals surface area contributed by atoms with E-state index in [0.717, 1.165) is 4.90 Å². The Morgan fingerprint density at radius 1 is 1.00 bits per heavy atom. The first-order valence-electron chi connectivity index (χ1n) is 6.83. The highest BCUT2D eigenvalue weighted by Gasteiger charge is 2.61. The largest absolute Gasteiger partial charge is 0.294 e. The van der Waals surface area contributed by atoms with Gasteiger partial charge in [0.25, 0.3) is 5.91 Å². The number of thioether (sulfide) groups is 1. The van der Waals surface area contributed by atoms with E-state index in [1.165, 1.54) is 16.8 Å². The minimum atomic E-state index is -1.29. The van der Waals surface area contributed by atoms with E-state index >= 15 is 0 Å². The normalized spacial score (nSPS) is 23.1. The third-order valence-electron chi connectivity index (χ3n) is 3.90. The first-order valence-corrected chi connectivity index (χ1v) is 7.65. The van der Waals surface area contributed by atoms with Crippen LogP contribution in [0.2, 0.25) is 0 Å². The van der Waals surface area contributed by atoms with Crippen LogP contribution in [-0.2, 0) is 4.79 Å². The number of hydrogen-bond donors (Lipinski definition) is 1. The van der Waals surface area contributed by atoms with Gasteiger partial charge in [-0.05, 0) is 18.2 Å². The van der Waals surface area contributed by atoms with Crippen molar-refractivity contribution in [1.29, 1.82) is 0 Å². The van der Waals surface area contributed by atoms with E-state index in [0.29, 0.717) is 16.9 Å². The Morgan fingerprint density at radius 3 is 2.41 bits per heavy atom. The van der Waals surface area contributed by atoms with E-state index < -0.39 is 4.75 Å². The van der Waals surface area contributed by atoms with E-state index in [4.69, 9.17) is 0 Å². The molecule has 2 aliphatic heterocycles. The summed E-state index contributed by atoms with van der Waals surface area (Å²) in [5.41, 5.74) is 4.65. The maximum atomic E-state index is 13.0. The quantitative estimate of drug-likeness (QED) is 0.823. The van der Waals surface area contributed by atoms with Crippen LogP contribution >= 0.6 is 11.8 Å². The second-order valence-corrected chi connectivity index (χ2v) is 6.43. The van der Waals surface area contributed by atoms with Crippen molar-refractivity contribution < 1.29 is 9.59 Å². The number of ketones is 1. The minimum Gasteiger partial charge on any atom is -0.294 e. The Kier molecular flexibility index (Phi) is 2.68. The number of anilines is 1. The zero-order chi connectivity index (χ0) is 15.3. The molecule has 0 aliphatic carbocycles. The second kappa shape index (κ2) is 4.48. The molecule has 0 aromatic heterocycles. The van der Waals surface area contributed by atoms with Crippen LogP contribution in [0.3, 0.4) is 0 Å². The molecule has 2 aliphatic rings. The summed E-state index contributed by atoms with van der Waals surface area (Å²) in [5, 5.41) is 1.40. The molecule has 108 valence electrons. The number of carbonyl (C=O) groups excluding carboxylic acids is 2. The lowest BCUT2D eigenvalue weighted by Gasteiger charge is -2.18. The summed E-state index contributed by atoms with van der Waals surface area (Å²) in [6.45, 7) is 3.93. The molecule has 1 atom stereocenters. The molecule has 0 bridgehead atoms. The molecule has 0 unspecified atom stereocenters. The molecule has 0 saturated carbocycles. The SMILES string of the molecule is C=C1NN(c2ccccc2)C(=O)[C@]12Sc1ccccc1C2=O. The van der Waals surface area contributed by atoms with Gasteiger partial charge in [-0.15, -0.1) is 0 Å². The molecule has 4 rings (SSSR count). The zero-order valence-corrected chi connectivity index (χ0v) is 12.4. The average molecular weight is 308 g/mol. The number of nitrogens with zero attached hydrogens (tertiary/aromatic N) is 1. The molecule has 5 heteroatoms. The average Bonchev–Trinajstić information content (AvgIpc) is 2.99. The summed E-state index contributed by atoms with van der Waals surface area (Å²) in [4.78, 5) is 26.6. The Balaban J connectivity index is 1.80. The van der Waals surface area contributed by atoms with E-state index in [1.807, 2.05) is 42.5 Å². The number of rotatable bonds is 1. The standard InChI is InChI=1S/C17H12N2O2S/c1-11-17(15(20)13-9-5-6-10-14(13)22-17)16(21)19(18-11)12-7-3-2-4-8-12/h2-10,18H,1H2/t17-/m0/s1. The number of hydrogen-bond acceptors (Lipinski definition) is 4. The number of hydrazine groups is 1. The van der Waals surface area contributed by atoms with Crippen molar-refractivity contribution in [2.75, 3.05) is 5.01 Å². The summed E-state index contributed by atoms with van der Waals surface area (Å²) in [5.74, 6) is -0.496. The van der Waals surface area contributed by atoms with Gasteiger partial charge >= 0.3 is 0 Å². The molecule has 2 heterocycles. The number of benzene rings is 2. The molecule has 1 fully saturated rings. The van der Waals surface area contributed by atoms with Crippen LogP contribution in [0, 0.1) is 0 Å². The van der Waals surface area contributed by atoms with Crippen molar-refractivity contribution >= 4 is 29.1 Å². The van der Waals surface area contributed by atoms with Crippen LogP contribution in [0.4, 0.5) is 5.69 Å². The fourth-order valence-electron chi connectivity index (χ4n) is 2.79. The van der Waals surface area contributed by atoms with Gasteiger partial charge in [-0.2, -0.15) is 0 Å². The van der Waals surface area contributed by atoms with Crippen LogP contribution in [0.5, 0.6) is 0 Å². The van der Waals surface area contributed by atoms with Crippen LogP contribution in [0.25, 0.3) is 0 Å². The lowest BCUT2D eigenvalue weighted by Crippen LogP contribution is -2.42. The molecule has 1 N–H and O–H groups in total. The molecule has 1 spiro atoms. The monoisotopic (exact) mass is 308 g/mol. The molecule has 1 amide bonds. The highest BCUT2D eigenvalue weighted by atomic mass is 32.2. The van der Waals surface area contributed by atoms with E-state index in [9.17, 15) is 9.59 Å². The lowest BCUT2D eigenvalue weighted by molar-refractivity contribution is -0.118. The molecule has 2 aromatic rings. The maximum Gasteiger partial charge on any atom is 0.276 e. The lowest BCUT2D eigenvalue weighted by atomic mass is 9.95. The van der Waals surface area contributed by atoms with Gasteiger partial charge in [0.05, 0.1) is 11.4 Å². The third-order valence-corrected chi connectivity index (χ3v) is 5.39. The molecule has 4 nitrogen and oxygen atoms in total. The number of nitrogens with one attached hydrogen (secondary N) is 1. The minimum absolute atomic E-state index is 0.200. The highest BCUT2D eigenvalue weighted by molar-refractivity contribution is 8.03. The number of amides is 1. The van der Waals surface area contributed by atoms with Gasteiger partial charge in [-0.25, -0.2) is 5.01 Å². The second-order valence-electron chi connectivity index (χ2n) is 5.18. The summed E-state index contributed by atoms with van der Waals surface area (Å²) in [6, 6.07) is 16.5. The zero-order valence-electron chi connectivity index (χ0n) is 11.6. The maximum absolute atomic E-state index is 13.0. The van der Waals surface area contributed by atoms with Gasteiger partial charge in [-0.1, -0.05) is 54.7 Å². The fourth-order valence-corrected chi connectivity index (χ4v) is 4.09.